The van der Waals surface area contributed by atoms with E-state index < -0.39 is 17.8 Å². The van der Waals surface area contributed by atoms with Gasteiger partial charge in [-0.2, -0.15) is 0 Å². The molecule has 1 unspecified atom stereocenters. The van der Waals surface area contributed by atoms with Crippen LogP contribution in [0.5, 0.6) is 0 Å². The average Bonchev–Trinajstić information content (AvgIpc) is 2.81. The lowest BCUT2D eigenvalue weighted by atomic mass is 10.1. The van der Waals surface area contributed by atoms with Crippen molar-refractivity contribution >= 4 is 29.1 Å². The molecule has 19 heavy (non-hydrogen) atoms. The van der Waals surface area contributed by atoms with Crippen LogP contribution in [0.3, 0.4) is 0 Å². The topological polar surface area (TPSA) is 96.6 Å². The Bertz CT molecular complexity index is 598. The molecule has 1 atom stereocenters. The quantitative estimate of drug-likeness (QED) is 0.601. The molecule has 1 heterocycles. The molecule has 1 aromatic carbocycles. The number of carboxylic acid groups (broad SMARTS) is 1. The predicted octanol–water partition coefficient (Wildman–Crippen LogP) is 1.20. The van der Waals surface area contributed by atoms with Crippen molar-refractivity contribution in [1.82, 2.24) is 5.32 Å². The van der Waals surface area contributed by atoms with E-state index in [-0.39, 0.29) is 18.6 Å². The van der Waals surface area contributed by atoms with E-state index in [4.69, 9.17) is 9.52 Å². The molecule has 0 spiro atoms. The Morgan fingerprint density at radius 2 is 2.11 bits per heavy atom. The van der Waals surface area contributed by atoms with Gasteiger partial charge >= 0.3 is 5.97 Å². The summed E-state index contributed by atoms with van der Waals surface area (Å²) in [6.07, 6.45) is -0.0986. The molecule has 6 nitrogen and oxygen atoms in total. The van der Waals surface area contributed by atoms with Crippen LogP contribution in [-0.4, -0.2) is 29.3 Å². The molecule has 2 rings (SSSR count). The van der Waals surface area contributed by atoms with Crippen molar-refractivity contribution in [3.05, 3.63) is 36.1 Å². The summed E-state index contributed by atoms with van der Waals surface area (Å²) in [6, 6.07) is 7.38. The number of hydrogen-bond donors (Lipinski definition) is 2. The number of hydrogen-bond acceptors (Lipinski definition) is 4. The van der Waals surface area contributed by atoms with E-state index in [1.807, 2.05) is 0 Å². The third-order valence-corrected chi connectivity index (χ3v) is 2.66. The van der Waals surface area contributed by atoms with Crippen molar-refractivity contribution in [2.45, 2.75) is 12.5 Å². The summed E-state index contributed by atoms with van der Waals surface area (Å²) < 4.78 is 5.33. The first-order valence-corrected chi connectivity index (χ1v) is 5.56. The van der Waals surface area contributed by atoms with Crippen molar-refractivity contribution in [3.8, 4) is 0 Å². The molecule has 1 aromatic heterocycles. The van der Waals surface area contributed by atoms with Gasteiger partial charge < -0.3 is 14.8 Å². The monoisotopic (exact) mass is 261 g/mol. The molecule has 0 aliphatic carbocycles. The van der Waals surface area contributed by atoms with E-state index >= 15 is 0 Å². The number of aliphatic carboxylic acids is 1. The van der Waals surface area contributed by atoms with Crippen LogP contribution in [0.4, 0.5) is 0 Å². The molecule has 2 aromatic rings. The van der Waals surface area contributed by atoms with Crippen LogP contribution in [0.15, 0.2) is 34.7 Å². The number of para-hydroxylation sites is 1. The second-order valence-electron chi connectivity index (χ2n) is 3.95. The highest BCUT2D eigenvalue weighted by Gasteiger charge is 2.23. The van der Waals surface area contributed by atoms with Gasteiger partial charge in [-0.25, -0.2) is 4.79 Å². The van der Waals surface area contributed by atoms with Crippen molar-refractivity contribution in [2.24, 2.45) is 0 Å². The molecule has 6 heteroatoms. The van der Waals surface area contributed by atoms with Gasteiger partial charge in [0.2, 0.25) is 12.2 Å². The number of carbonyl (C=O) groups excluding carboxylic acids is 2. The zero-order chi connectivity index (χ0) is 13.8. The molecule has 1 amide bonds. The first-order valence-electron chi connectivity index (χ1n) is 5.56. The average molecular weight is 261 g/mol. The standard InChI is InChI=1S/C13H11NO5/c15-7-14-9(13(17)18)6-10(16)12-5-8-3-1-2-4-11(8)19-12/h1-5,7,9H,6H2,(H,14,15)(H,17,18). The summed E-state index contributed by atoms with van der Waals surface area (Å²) in [5.74, 6) is -1.66. The number of amides is 1. The van der Waals surface area contributed by atoms with Gasteiger partial charge in [-0.05, 0) is 12.1 Å². The number of carboxylic acids is 1. The Hall–Kier alpha value is -2.63. The van der Waals surface area contributed by atoms with Crippen LogP contribution in [-0.2, 0) is 9.59 Å². The number of furan rings is 1. The van der Waals surface area contributed by atoms with Crippen molar-refractivity contribution in [2.75, 3.05) is 0 Å². The lowest BCUT2D eigenvalue weighted by Crippen LogP contribution is -2.37. The fraction of sp³-hybridized carbons (Fsp3) is 0.154. The fourth-order valence-electron chi connectivity index (χ4n) is 1.70. The fourth-order valence-corrected chi connectivity index (χ4v) is 1.70. The molecule has 0 bridgehead atoms. The van der Waals surface area contributed by atoms with E-state index in [0.29, 0.717) is 5.58 Å². The molecule has 0 fully saturated rings. The van der Waals surface area contributed by atoms with Crippen LogP contribution in [0.25, 0.3) is 11.0 Å². The maximum absolute atomic E-state index is 11.9. The van der Waals surface area contributed by atoms with Crippen molar-refractivity contribution in [3.63, 3.8) is 0 Å². The minimum absolute atomic E-state index is 0.0835. The first-order chi connectivity index (χ1) is 9.11. The van der Waals surface area contributed by atoms with Gasteiger partial charge in [0.1, 0.15) is 11.6 Å². The SMILES string of the molecule is O=CNC(CC(=O)c1cc2ccccc2o1)C(=O)O. The second kappa shape index (κ2) is 5.34. The van der Waals surface area contributed by atoms with E-state index in [1.54, 1.807) is 30.3 Å². The molecule has 0 radical (unpaired) electrons. The van der Waals surface area contributed by atoms with Gasteiger partial charge in [-0.15, -0.1) is 0 Å². The van der Waals surface area contributed by atoms with Crippen LogP contribution >= 0.6 is 0 Å². The highest BCUT2D eigenvalue weighted by molar-refractivity contribution is 5.99. The third kappa shape index (κ3) is 2.79. The van der Waals surface area contributed by atoms with Gasteiger partial charge in [-0.1, -0.05) is 18.2 Å². The highest BCUT2D eigenvalue weighted by Crippen LogP contribution is 2.20. The number of rotatable bonds is 6. The summed E-state index contributed by atoms with van der Waals surface area (Å²) in [6.45, 7) is 0. The summed E-state index contributed by atoms with van der Waals surface area (Å²) in [7, 11) is 0. The Morgan fingerprint density at radius 3 is 2.74 bits per heavy atom. The van der Waals surface area contributed by atoms with Crippen LogP contribution in [0.2, 0.25) is 0 Å². The predicted molar refractivity (Wildman–Crippen MR) is 65.8 cm³/mol. The third-order valence-electron chi connectivity index (χ3n) is 2.66. The van der Waals surface area contributed by atoms with Crippen LogP contribution in [0, 0.1) is 0 Å². The van der Waals surface area contributed by atoms with Crippen LogP contribution in [0.1, 0.15) is 17.0 Å². The van der Waals surface area contributed by atoms with Gasteiger partial charge in [0.25, 0.3) is 0 Å². The van der Waals surface area contributed by atoms with Crippen LogP contribution < -0.4 is 5.32 Å². The van der Waals surface area contributed by atoms with Gasteiger partial charge in [0, 0.05) is 11.8 Å². The zero-order valence-corrected chi connectivity index (χ0v) is 9.83. The molecule has 0 aliphatic rings. The lowest BCUT2D eigenvalue weighted by molar-refractivity contribution is -0.140. The number of nitrogens with one attached hydrogen (secondary N) is 1. The van der Waals surface area contributed by atoms with E-state index in [9.17, 15) is 14.4 Å². The molecule has 98 valence electrons. The number of carbonyl (C=O) groups is 3. The Morgan fingerprint density at radius 1 is 1.37 bits per heavy atom. The minimum atomic E-state index is -1.27. The summed E-state index contributed by atoms with van der Waals surface area (Å²) >= 11 is 0. The number of fused-ring (bicyclic) bond motifs is 1. The maximum Gasteiger partial charge on any atom is 0.326 e. The second-order valence-corrected chi connectivity index (χ2v) is 3.95. The minimum Gasteiger partial charge on any atom is -0.480 e. The molecule has 0 saturated heterocycles. The highest BCUT2D eigenvalue weighted by atomic mass is 16.4. The molecular formula is C13H11NO5. The lowest BCUT2D eigenvalue weighted by Gasteiger charge is -2.08. The van der Waals surface area contributed by atoms with E-state index in [2.05, 4.69) is 5.32 Å². The first kappa shape index (κ1) is 12.8. The van der Waals surface area contributed by atoms with Crippen molar-refractivity contribution in [1.29, 1.82) is 0 Å². The van der Waals surface area contributed by atoms with Crippen molar-refractivity contribution < 1.29 is 23.9 Å². The van der Waals surface area contributed by atoms with Gasteiger partial charge in [0.15, 0.2) is 5.76 Å². The summed E-state index contributed by atoms with van der Waals surface area (Å²) in [5.41, 5.74) is 0.557. The van der Waals surface area contributed by atoms with E-state index in [0.717, 1.165) is 5.39 Å². The van der Waals surface area contributed by atoms with Gasteiger partial charge in [-0.3, -0.25) is 9.59 Å². The largest absolute Gasteiger partial charge is 0.480 e. The number of ketones is 1. The smallest absolute Gasteiger partial charge is 0.326 e. The maximum atomic E-state index is 11.9. The molecule has 2 N–H and O–H groups in total. The normalized spacial score (nSPS) is 12.0. The number of Topliss-reactive ketones (excluding diaryl/α,β-unsaturated/α-hetero) is 1. The summed E-state index contributed by atoms with van der Waals surface area (Å²) in [5, 5.41) is 11.7. The zero-order valence-electron chi connectivity index (χ0n) is 9.83. The Balaban J connectivity index is 2.18. The Kier molecular flexibility index (Phi) is 3.61. The Labute approximate surface area is 108 Å². The molecule has 0 aliphatic heterocycles. The van der Waals surface area contributed by atoms with Gasteiger partial charge in [0.05, 0.1) is 0 Å². The molecular weight excluding hydrogens is 250 g/mol. The summed E-state index contributed by atoms with van der Waals surface area (Å²) in [4.78, 5) is 33.0. The molecule has 0 saturated carbocycles. The van der Waals surface area contributed by atoms with E-state index in [1.165, 1.54) is 0 Å². The number of benzene rings is 1.